The van der Waals surface area contributed by atoms with Gasteiger partial charge in [0.1, 0.15) is 0 Å². The van der Waals surface area contributed by atoms with E-state index in [0.29, 0.717) is 24.2 Å². The molecule has 0 atom stereocenters. The van der Waals surface area contributed by atoms with Gasteiger partial charge < -0.3 is 0 Å². The minimum atomic E-state index is -0.630. The van der Waals surface area contributed by atoms with Crippen LogP contribution in [0, 0.1) is 11.9 Å². The molecule has 0 bridgehead atoms. The first-order valence-corrected chi connectivity index (χ1v) is 9.30. The molecule has 0 aliphatic heterocycles. The van der Waals surface area contributed by atoms with E-state index >= 15 is 0 Å². The van der Waals surface area contributed by atoms with Crippen LogP contribution in [0.5, 0.6) is 0 Å². The molecule has 0 saturated carbocycles. The standard InChI is InChI=1S/C23H16F2N4/c24-19-9-1-5-15(28-19)13-23(14-16-6-2-10-20(25)29-16)17-7-3-11-26-21(17)22-18(23)8-4-12-27-22/h1-12H,13-14H2. The summed E-state index contributed by atoms with van der Waals surface area (Å²) >= 11 is 0. The summed E-state index contributed by atoms with van der Waals surface area (Å²) in [6, 6.07) is 17.3. The highest BCUT2D eigenvalue weighted by Gasteiger charge is 2.45. The molecule has 0 N–H and O–H groups in total. The van der Waals surface area contributed by atoms with Gasteiger partial charge in [-0.25, -0.2) is 9.97 Å². The normalized spacial score (nSPS) is 13.7. The fourth-order valence-corrected chi connectivity index (χ4v) is 4.26. The lowest BCUT2D eigenvalue weighted by Gasteiger charge is -2.31. The smallest absolute Gasteiger partial charge is 0.213 e. The molecule has 4 aromatic rings. The second-order valence-electron chi connectivity index (χ2n) is 7.14. The van der Waals surface area contributed by atoms with Crippen molar-refractivity contribution in [1.29, 1.82) is 0 Å². The predicted octanol–water partition coefficient (Wildman–Crippen LogP) is 4.30. The van der Waals surface area contributed by atoms with Crippen LogP contribution >= 0.6 is 0 Å². The largest absolute Gasteiger partial charge is 0.254 e. The van der Waals surface area contributed by atoms with E-state index in [1.807, 2.05) is 24.3 Å². The number of aromatic nitrogens is 4. The molecule has 4 aromatic heterocycles. The Morgan fingerprint density at radius 1 is 0.621 bits per heavy atom. The molecule has 0 fully saturated rings. The Balaban J connectivity index is 1.74. The summed E-state index contributed by atoms with van der Waals surface area (Å²) in [5, 5.41) is 0. The SMILES string of the molecule is Fc1cccc(CC2(Cc3cccc(F)n3)c3cccnc3-c3ncccc32)n1. The topological polar surface area (TPSA) is 51.6 Å². The van der Waals surface area contributed by atoms with Gasteiger partial charge in [0.05, 0.1) is 11.4 Å². The highest BCUT2D eigenvalue weighted by atomic mass is 19.1. The van der Waals surface area contributed by atoms with Crippen molar-refractivity contribution in [1.82, 2.24) is 19.9 Å². The van der Waals surface area contributed by atoms with Crippen molar-refractivity contribution in [3.8, 4) is 11.4 Å². The quantitative estimate of drug-likeness (QED) is 0.491. The van der Waals surface area contributed by atoms with Gasteiger partial charge in [-0.3, -0.25) is 9.97 Å². The zero-order chi connectivity index (χ0) is 19.8. The van der Waals surface area contributed by atoms with Gasteiger partial charge in [0, 0.05) is 42.0 Å². The van der Waals surface area contributed by atoms with E-state index in [0.717, 1.165) is 22.5 Å². The summed E-state index contributed by atoms with van der Waals surface area (Å²) in [7, 11) is 0. The van der Waals surface area contributed by atoms with Crippen LogP contribution in [0.25, 0.3) is 11.4 Å². The fraction of sp³-hybridized carbons (Fsp3) is 0.130. The summed E-state index contributed by atoms with van der Waals surface area (Å²) in [5.74, 6) is -1.06. The maximum absolute atomic E-state index is 13.8. The lowest BCUT2D eigenvalue weighted by molar-refractivity contribution is 0.487. The van der Waals surface area contributed by atoms with Gasteiger partial charge in [-0.15, -0.1) is 0 Å². The van der Waals surface area contributed by atoms with E-state index in [1.165, 1.54) is 12.1 Å². The summed E-state index contributed by atoms with van der Waals surface area (Å²) in [6.07, 6.45) is 4.29. The van der Waals surface area contributed by atoms with E-state index in [1.54, 1.807) is 36.7 Å². The van der Waals surface area contributed by atoms with Crippen LogP contribution in [0.2, 0.25) is 0 Å². The second kappa shape index (κ2) is 6.81. The van der Waals surface area contributed by atoms with Crippen LogP contribution in [0.3, 0.4) is 0 Å². The number of halogens is 2. The Bertz CT molecular complexity index is 1110. The molecule has 6 heteroatoms. The molecule has 1 aliphatic rings. The predicted molar refractivity (Wildman–Crippen MR) is 104 cm³/mol. The number of nitrogens with zero attached hydrogens (tertiary/aromatic N) is 4. The Morgan fingerprint density at radius 3 is 1.55 bits per heavy atom. The second-order valence-corrected chi connectivity index (χ2v) is 7.14. The van der Waals surface area contributed by atoms with Gasteiger partial charge in [-0.2, -0.15) is 8.78 Å². The molecule has 0 saturated heterocycles. The molecule has 0 amide bonds. The van der Waals surface area contributed by atoms with Crippen molar-refractivity contribution in [2.75, 3.05) is 0 Å². The molecule has 4 nitrogen and oxygen atoms in total. The van der Waals surface area contributed by atoms with Gasteiger partial charge in [0.15, 0.2) is 0 Å². The van der Waals surface area contributed by atoms with Gasteiger partial charge in [0.2, 0.25) is 11.9 Å². The number of hydrogen-bond acceptors (Lipinski definition) is 4. The minimum absolute atomic E-state index is 0.417. The average molecular weight is 386 g/mol. The van der Waals surface area contributed by atoms with E-state index in [4.69, 9.17) is 0 Å². The first kappa shape index (κ1) is 17.6. The van der Waals surface area contributed by atoms with Crippen LogP contribution < -0.4 is 0 Å². The zero-order valence-corrected chi connectivity index (χ0v) is 15.4. The van der Waals surface area contributed by atoms with Crippen molar-refractivity contribution >= 4 is 0 Å². The Morgan fingerprint density at radius 2 is 1.10 bits per heavy atom. The van der Waals surface area contributed by atoms with E-state index in [-0.39, 0.29) is 0 Å². The summed E-state index contributed by atoms with van der Waals surface area (Å²) in [6.45, 7) is 0. The molecule has 4 heterocycles. The summed E-state index contributed by atoms with van der Waals surface area (Å²) < 4.78 is 27.7. The van der Waals surface area contributed by atoms with Gasteiger partial charge in [-0.1, -0.05) is 24.3 Å². The van der Waals surface area contributed by atoms with Crippen molar-refractivity contribution in [2.24, 2.45) is 0 Å². The monoisotopic (exact) mass is 386 g/mol. The average Bonchev–Trinajstić information content (AvgIpc) is 2.99. The fourth-order valence-electron chi connectivity index (χ4n) is 4.26. The number of fused-ring (bicyclic) bond motifs is 3. The van der Waals surface area contributed by atoms with Crippen molar-refractivity contribution < 1.29 is 8.78 Å². The van der Waals surface area contributed by atoms with E-state index in [2.05, 4.69) is 19.9 Å². The molecular weight excluding hydrogens is 370 g/mol. The third kappa shape index (κ3) is 2.97. The first-order chi connectivity index (χ1) is 14.2. The van der Waals surface area contributed by atoms with Crippen LogP contribution in [-0.2, 0) is 18.3 Å². The van der Waals surface area contributed by atoms with Crippen molar-refractivity contribution in [3.05, 3.63) is 107 Å². The van der Waals surface area contributed by atoms with Crippen LogP contribution in [0.1, 0.15) is 22.5 Å². The molecule has 29 heavy (non-hydrogen) atoms. The maximum Gasteiger partial charge on any atom is 0.213 e. The lowest BCUT2D eigenvalue weighted by Crippen LogP contribution is -2.32. The van der Waals surface area contributed by atoms with Crippen molar-refractivity contribution in [2.45, 2.75) is 18.3 Å². The summed E-state index contributed by atoms with van der Waals surface area (Å²) in [5.41, 5.74) is 4.08. The van der Waals surface area contributed by atoms with E-state index < -0.39 is 17.3 Å². The van der Waals surface area contributed by atoms with Crippen LogP contribution in [0.4, 0.5) is 8.78 Å². The molecule has 142 valence electrons. The number of hydrogen-bond donors (Lipinski definition) is 0. The highest BCUT2D eigenvalue weighted by Crippen LogP contribution is 2.50. The molecule has 0 aromatic carbocycles. The minimum Gasteiger partial charge on any atom is -0.254 e. The Labute approximate surface area is 166 Å². The number of rotatable bonds is 4. The number of pyridine rings is 4. The Kier molecular flexibility index (Phi) is 4.12. The Hall–Kier alpha value is -3.54. The molecule has 5 rings (SSSR count). The van der Waals surface area contributed by atoms with Crippen LogP contribution in [-0.4, -0.2) is 19.9 Å². The van der Waals surface area contributed by atoms with E-state index in [9.17, 15) is 8.78 Å². The van der Waals surface area contributed by atoms with Gasteiger partial charge in [-0.05, 0) is 47.5 Å². The molecule has 0 spiro atoms. The van der Waals surface area contributed by atoms with Gasteiger partial charge in [0.25, 0.3) is 0 Å². The molecule has 0 unspecified atom stereocenters. The van der Waals surface area contributed by atoms with Crippen molar-refractivity contribution in [3.63, 3.8) is 0 Å². The summed E-state index contributed by atoms with van der Waals surface area (Å²) in [4.78, 5) is 17.3. The third-order valence-corrected chi connectivity index (χ3v) is 5.38. The molecule has 1 aliphatic carbocycles. The zero-order valence-electron chi connectivity index (χ0n) is 15.4. The highest BCUT2D eigenvalue weighted by molar-refractivity contribution is 5.75. The van der Waals surface area contributed by atoms with Crippen LogP contribution in [0.15, 0.2) is 73.1 Å². The molecule has 0 radical (unpaired) electrons. The van der Waals surface area contributed by atoms with Gasteiger partial charge >= 0.3 is 0 Å². The maximum atomic E-state index is 13.8. The first-order valence-electron chi connectivity index (χ1n) is 9.30. The molecular formula is C23H16F2N4. The lowest BCUT2D eigenvalue weighted by atomic mass is 9.71. The third-order valence-electron chi connectivity index (χ3n) is 5.38.